The summed E-state index contributed by atoms with van der Waals surface area (Å²) < 4.78 is 19.8. The van der Waals surface area contributed by atoms with E-state index in [1.807, 2.05) is 0 Å². The number of carbonyl (C=O) groups excluding carboxylic acids is 2. The van der Waals surface area contributed by atoms with Crippen LogP contribution in [0, 0.1) is 5.82 Å². The van der Waals surface area contributed by atoms with Crippen molar-refractivity contribution in [1.82, 2.24) is 9.55 Å². The molecule has 7 nitrogen and oxygen atoms in total. The van der Waals surface area contributed by atoms with E-state index in [-0.39, 0.29) is 24.2 Å². The Balaban J connectivity index is 1.89. The van der Waals surface area contributed by atoms with E-state index < -0.39 is 22.9 Å². The van der Waals surface area contributed by atoms with Gasteiger partial charge in [0.25, 0.3) is 5.56 Å². The lowest BCUT2D eigenvalue weighted by Gasteiger charge is -2.16. The molecule has 0 fully saturated rings. The highest BCUT2D eigenvalue weighted by Gasteiger charge is 2.21. The number of halogens is 1. The second kappa shape index (κ2) is 9.53. The summed E-state index contributed by atoms with van der Waals surface area (Å²) in [5.41, 5.74) is 0.249. The molecule has 1 N–H and O–H groups in total. The topological polar surface area (TPSA) is 90.3 Å². The first-order valence-corrected chi connectivity index (χ1v) is 10.1. The molecule has 0 saturated carbocycles. The number of carbonyl (C=O) groups is 2. The van der Waals surface area contributed by atoms with Crippen LogP contribution in [0.3, 0.4) is 0 Å². The van der Waals surface area contributed by atoms with Gasteiger partial charge in [-0.2, -0.15) is 0 Å². The number of nitrogens with zero attached hydrogens (tertiary/aromatic N) is 2. The van der Waals surface area contributed by atoms with Gasteiger partial charge in [0, 0.05) is 6.54 Å². The molecule has 1 aromatic heterocycles. The Morgan fingerprint density at radius 2 is 1.90 bits per heavy atom. The average molecular weight is 429 g/mol. The van der Waals surface area contributed by atoms with E-state index >= 15 is 0 Å². The Bertz CT molecular complexity index is 1150. The molecule has 0 bridgehead atoms. The zero-order valence-electron chi connectivity index (χ0n) is 16.4. The third-order valence-electron chi connectivity index (χ3n) is 4.38. The third-order valence-corrected chi connectivity index (χ3v) is 5.47. The molecule has 0 spiro atoms. The fourth-order valence-corrected chi connectivity index (χ4v) is 3.68. The number of rotatable bonds is 7. The summed E-state index contributed by atoms with van der Waals surface area (Å²) in [5.74, 6) is -1.44. The highest BCUT2D eigenvalue weighted by molar-refractivity contribution is 8.00. The molecule has 0 aliphatic carbocycles. The summed E-state index contributed by atoms with van der Waals surface area (Å²) in [4.78, 5) is 41.6. The Morgan fingerprint density at radius 3 is 2.63 bits per heavy atom. The van der Waals surface area contributed by atoms with Crippen LogP contribution in [0.25, 0.3) is 10.9 Å². The predicted octanol–water partition coefficient (Wildman–Crippen LogP) is 3.22. The van der Waals surface area contributed by atoms with Crippen molar-refractivity contribution in [2.24, 2.45) is 0 Å². The Hall–Kier alpha value is -3.20. The molecule has 156 valence electrons. The van der Waals surface area contributed by atoms with E-state index in [1.165, 1.54) is 29.9 Å². The second-order valence-electron chi connectivity index (χ2n) is 6.42. The summed E-state index contributed by atoms with van der Waals surface area (Å²) in [6.07, 6.45) is -0.0141. The van der Waals surface area contributed by atoms with Gasteiger partial charge in [-0.1, -0.05) is 36.0 Å². The quantitative estimate of drug-likeness (QED) is 0.352. The molecule has 1 heterocycles. The fourth-order valence-electron chi connectivity index (χ4n) is 2.75. The molecule has 30 heavy (non-hydrogen) atoms. The lowest BCUT2D eigenvalue weighted by Crippen LogP contribution is -2.28. The van der Waals surface area contributed by atoms with Gasteiger partial charge in [-0.25, -0.2) is 9.37 Å². The number of benzene rings is 2. The largest absolute Gasteiger partial charge is 0.469 e. The summed E-state index contributed by atoms with van der Waals surface area (Å²) in [7, 11) is 1.27. The van der Waals surface area contributed by atoms with Crippen molar-refractivity contribution < 1.29 is 18.7 Å². The van der Waals surface area contributed by atoms with Crippen LogP contribution in [0.2, 0.25) is 0 Å². The summed E-state index contributed by atoms with van der Waals surface area (Å²) in [6, 6.07) is 12.7. The SMILES string of the molecule is COC(=O)CCn1c(SC(C)C(=O)Nc2ccccc2F)nc2ccccc2c1=O. The van der Waals surface area contributed by atoms with Crippen LogP contribution in [0.1, 0.15) is 13.3 Å². The van der Waals surface area contributed by atoms with Gasteiger partial charge >= 0.3 is 5.97 Å². The molecular formula is C21H20FN3O4S. The number of nitrogens with one attached hydrogen (secondary N) is 1. The van der Waals surface area contributed by atoms with Gasteiger partial charge in [-0.3, -0.25) is 19.0 Å². The number of thioether (sulfide) groups is 1. The predicted molar refractivity (Wildman–Crippen MR) is 113 cm³/mol. The molecule has 1 amide bonds. The highest BCUT2D eigenvalue weighted by Crippen LogP contribution is 2.24. The smallest absolute Gasteiger partial charge is 0.307 e. The summed E-state index contributed by atoms with van der Waals surface area (Å²) in [6.45, 7) is 1.69. The zero-order valence-corrected chi connectivity index (χ0v) is 17.2. The van der Waals surface area contributed by atoms with Crippen molar-refractivity contribution in [3.05, 3.63) is 64.7 Å². The number of anilines is 1. The minimum Gasteiger partial charge on any atom is -0.469 e. The maximum absolute atomic E-state index is 13.8. The zero-order chi connectivity index (χ0) is 21.7. The molecule has 1 unspecified atom stereocenters. The molecule has 3 rings (SSSR count). The van der Waals surface area contributed by atoms with Crippen molar-refractivity contribution in [3.63, 3.8) is 0 Å². The number of hydrogen-bond acceptors (Lipinski definition) is 6. The summed E-state index contributed by atoms with van der Waals surface area (Å²) in [5, 5.41) is 2.56. The highest BCUT2D eigenvalue weighted by atomic mass is 32.2. The Labute approximate surface area is 176 Å². The molecule has 2 aromatic carbocycles. The monoisotopic (exact) mass is 429 g/mol. The molecule has 0 aliphatic rings. The van der Waals surface area contributed by atoms with Crippen molar-refractivity contribution in [2.45, 2.75) is 30.3 Å². The van der Waals surface area contributed by atoms with Gasteiger partial charge in [0.15, 0.2) is 5.16 Å². The molecule has 9 heteroatoms. The van der Waals surface area contributed by atoms with Crippen molar-refractivity contribution in [2.75, 3.05) is 12.4 Å². The minimum absolute atomic E-state index is 0.0141. The maximum Gasteiger partial charge on any atom is 0.307 e. The van der Waals surface area contributed by atoms with Crippen LogP contribution in [0.4, 0.5) is 10.1 Å². The van der Waals surface area contributed by atoms with E-state index in [0.29, 0.717) is 16.1 Å². The van der Waals surface area contributed by atoms with Crippen LogP contribution >= 0.6 is 11.8 Å². The van der Waals surface area contributed by atoms with E-state index in [1.54, 1.807) is 37.3 Å². The lowest BCUT2D eigenvalue weighted by atomic mass is 10.2. The van der Waals surface area contributed by atoms with Gasteiger partial charge in [0.05, 0.1) is 35.4 Å². The number of para-hydroxylation sites is 2. The van der Waals surface area contributed by atoms with Crippen LogP contribution in [0.15, 0.2) is 58.5 Å². The van der Waals surface area contributed by atoms with Crippen LogP contribution in [-0.4, -0.2) is 33.8 Å². The third kappa shape index (κ3) is 4.85. The van der Waals surface area contributed by atoms with Crippen LogP contribution < -0.4 is 10.9 Å². The molecule has 0 aliphatic heterocycles. The van der Waals surface area contributed by atoms with Gasteiger partial charge in [0.1, 0.15) is 5.82 Å². The van der Waals surface area contributed by atoms with Gasteiger partial charge in [-0.15, -0.1) is 0 Å². The number of hydrogen-bond donors (Lipinski definition) is 1. The molecule has 0 saturated heterocycles. The van der Waals surface area contributed by atoms with Crippen molar-refractivity contribution in [3.8, 4) is 0 Å². The first-order valence-electron chi connectivity index (χ1n) is 9.19. The molecular weight excluding hydrogens is 409 g/mol. The number of aromatic nitrogens is 2. The maximum atomic E-state index is 13.8. The lowest BCUT2D eigenvalue weighted by molar-refractivity contribution is -0.140. The number of amides is 1. The van der Waals surface area contributed by atoms with Crippen molar-refractivity contribution in [1.29, 1.82) is 0 Å². The van der Waals surface area contributed by atoms with E-state index in [2.05, 4.69) is 15.0 Å². The van der Waals surface area contributed by atoms with E-state index in [4.69, 9.17) is 0 Å². The van der Waals surface area contributed by atoms with E-state index in [9.17, 15) is 18.8 Å². The molecule has 0 radical (unpaired) electrons. The Morgan fingerprint density at radius 1 is 1.20 bits per heavy atom. The standard InChI is InChI=1S/C21H20FN3O4S/c1-13(19(27)23-17-10-6-4-8-15(17)22)30-21-24-16-9-5-3-7-14(16)20(28)25(21)12-11-18(26)29-2/h3-10,13H,11-12H2,1-2H3,(H,23,27). The summed E-state index contributed by atoms with van der Waals surface area (Å²) >= 11 is 1.06. The number of fused-ring (bicyclic) bond motifs is 1. The van der Waals surface area contributed by atoms with Gasteiger partial charge in [-0.05, 0) is 31.2 Å². The first kappa shape index (κ1) is 21.5. The number of methoxy groups -OCH3 is 1. The molecule has 3 aromatic rings. The van der Waals surface area contributed by atoms with Crippen molar-refractivity contribution >= 4 is 40.2 Å². The fraction of sp³-hybridized carbons (Fsp3) is 0.238. The normalized spacial score (nSPS) is 11.8. The molecule has 1 atom stereocenters. The van der Waals surface area contributed by atoms with E-state index in [0.717, 1.165) is 11.8 Å². The first-order chi connectivity index (χ1) is 14.4. The van der Waals surface area contributed by atoms with Crippen LogP contribution in [-0.2, 0) is 20.9 Å². The second-order valence-corrected chi connectivity index (χ2v) is 7.73. The number of ether oxygens (including phenoxy) is 1. The van der Waals surface area contributed by atoms with Gasteiger partial charge in [0.2, 0.25) is 5.91 Å². The number of esters is 1. The van der Waals surface area contributed by atoms with Crippen LogP contribution in [0.5, 0.6) is 0 Å². The minimum atomic E-state index is -0.679. The Kier molecular flexibility index (Phi) is 6.83. The average Bonchev–Trinajstić information content (AvgIpc) is 2.74. The van der Waals surface area contributed by atoms with Gasteiger partial charge < -0.3 is 10.1 Å².